The van der Waals surface area contributed by atoms with Gasteiger partial charge in [-0.2, -0.15) is 0 Å². The first-order chi connectivity index (χ1) is 6.70. The summed E-state index contributed by atoms with van der Waals surface area (Å²) in [5.74, 6) is -0.999. The average molecular weight is 198 g/mol. The number of aliphatic carboxylic acids is 1. The van der Waals surface area contributed by atoms with Gasteiger partial charge in [0.25, 0.3) is 0 Å². The summed E-state index contributed by atoms with van der Waals surface area (Å²) in [4.78, 5) is 14.3. The number of nitrogens with two attached hydrogens (primary N) is 1. The SMILES string of the molecule is CO.NC(Cc1ccccn1)C(=O)O. The lowest BCUT2D eigenvalue weighted by Gasteiger charge is -2.03. The van der Waals surface area contributed by atoms with Crippen LogP contribution in [0.4, 0.5) is 0 Å². The second-order valence-corrected chi connectivity index (χ2v) is 2.47. The molecule has 4 N–H and O–H groups in total. The molecular weight excluding hydrogens is 184 g/mol. The molecule has 0 aliphatic rings. The largest absolute Gasteiger partial charge is 0.480 e. The van der Waals surface area contributed by atoms with Gasteiger partial charge < -0.3 is 15.9 Å². The Morgan fingerprint density at radius 1 is 1.57 bits per heavy atom. The van der Waals surface area contributed by atoms with Crippen LogP contribution >= 0.6 is 0 Å². The van der Waals surface area contributed by atoms with Gasteiger partial charge in [-0.3, -0.25) is 9.78 Å². The van der Waals surface area contributed by atoms with Gasteiger partial charge in [0.2, 0.25) is 0 Å². The van der Waals surface area contributed by atoms with Crippen molar-refractivity contribution in [3.05, 3.63) is 30.1 Å². The highest BCUT2D eigenvalue weighted by Gasteiger charge is 2.11. The molecule has 0 aliphatic heterocycles. The summed E-state index contributed by atoms with van der Waals surface area (Å²) in [6.45, 7) is 0. The van der Waals surface area contributed by atoms with Crippen molar-refractivity contribution in [3.63, 3.8) is 0 Å². The smallest absolute Gasteiger partial charge is 0.320 e. The fourth-order valence-electron chi connectivity index (χ4n) is 0.831. The van der Waals surface area contributed by atoms with E-state index in [-0.39, 0.29) is 6.42 Å². The van der Waals surface area contributed by atoms with Crippen LogP contribution in [0.25, 0.3) is 0 Å². The lowest BCUT2D eigenvalue weighted by Crippen LogP contribution is -2.32. The van der Waals surface area contributed by atoms with Gasteiger partial charge in [-0.1, -0.05) is 6.07 Å². The molecule has 1 atom stereocenters. The normalized spacial score (nSPS) is 11.1. The molecule has 1 unspecified atom stereocenters. The third kappa shape index (κ3) is 4.54. The molecule has 5 nitrogen and oxygen atoms in total. The third-order valence-electron chi connectivity index (χ3n) is 1.47. The molecule has 0 radical (unpaired) electrons. The van der Waals surface area contributed by atoms with Crippen molar-refractivity contribution in [1.29, 1.82) is 0 Å². The maximum absolute atomic E-state index is 10.4. The zero-order valence-electron chi connectivity index (χ0n) is 7.92. The molecule has 14 heavy (non-hydrogen) atoms. The van der Waals surface area contributed by atoms with Gasteiger partial charge >= 0.3 is 5.97 Å². The summed E-state index contributed by atoms with van der Waals surface area (Å²) >= 11 is 0. The first kappa shape index (κ1) is 12.5. The number of carboxylic acids is 1. The van der Waals surface area contributed by atoms with Gasteiger partial charge in [0.05, 0.1) is 0 Å². The average Bonchev–Trinajstić information content (AvgIpc) is 2.22. The van der Waals surface area contributed by atoms with E-state index in [9.17, 15) is 4.79 Å². The third-order valence-corrected chi connectivity index (χ3v) is 1.47. The molecule has 78 valence electrons. The second-order valence-electron chi connectivity index (χ2n) is 2.47. The topological polar surface area (TPSA) is 96.4 Å². The summed E-state index contributed by atoms with van der Waals surface area (Å²) in [6.07, 6.45) is 1.89. The molecule has 1 aromatic rings. The minimum absolute atomic E-state index is 0.274. The predicted octanol–water partition coefficient (Wildman–Crippen LogP) is -0.356. The maximum atomic E-state index is 10.4. The van der Waals surface area contributed by atoms with Crippen LogP contribution in [-0.2, 0) is 11.2 Å². The molecule has 1 rings (SSSR count). The molecule has 0 amide bonds. The summed E-state index contributed by atoms with van der Waals surface area (Å²) in [5, 5.41) is 15.5. The predicted molar refractivity (Wildman–Crippen MR) is 51.7 cm³/mol. The van der Waals surface area contributed by atoms with E-state index in [0.717, 1.165) is 7.11 Å². The zero-order chi connectivity index (χ0) is 11.0. The molecular formula is C9H14N2O3. The minimum Gasteiger partial charge on any atom is -0.480 e. The molecule has 0 bridgehead atoms. The molecule has 0 fully saturated rings. The number of hydrogen-bond acceptors (Lipinski definition) is 4. The zero-order valence-corrected chi connectivity index (χ0v) is 7.92. The Hall–Kier alpha value is -1.46. The van der Waals surface area contributed by atoms with Crippen molar-refractivity contribution in [2.75, 3.05) is 7.11 Å². The van der Waals surface area contributed by atoms with Crippen molar-refractivity contribution >= 4 is 5.97 Å². The monoisotopic (exact) mass is 198 g/mol. The maximum Gasteiger partial charge on any atom is 0.320 e. The molecule has 0 saturated carbocycles. The van der Waals surface area contributed by atoms with E-state index in [2.05, 4.69) is 4.98 Å². The number of carbonyl (C=O) groups is 1. The Bertz CT molecular complexity index is 264. The quantitative estimate of drug-likeness (QED) is 0.616. The van der Waals surface area contributed by atoms with E-state index in [1.165, 1.54) is 0 Å². The van der Waals surface area contributed by atoms with Gasteiger partial charge in [-0.15, -0.1) is 0 Å². The van der Waals surface area contributed by atoms with E-state index < -0.39 is 12.0 Å². The number of hydrogen-bond donors (Lipinski definition) is 3. The molecule has 5 heteroatoms. The van der Waals surface area contributed by atoms with Crippen LogP contribution in [0.3, 0.4) is 0 Å². The Labute approximate surface area is 82.2 Å². The summed E-state index contributed by atoms with van der Waals surface area (Å²) < 4.78 is 0. The van der Waals surface area contributed by atoms with Gasteiger partial charge in [0.15, 0.2) is 0 Å². The van der Waals surface area contributed by atoms with E-state index >= 15 is 0 Å². The van der Waals surface area contributed by atoms with Crippen molar-refractivity contribution in [3.8, 4) is 0 Å². The van der Waals surface area contributed by atoms with E-state index in [0.29, 0.717) is 5.69 Å². The highest BCUT2D eigenvalue weighted by molar-refractivity contribution is 5.73. The molecule has 0 saturated heterocycles. The van der Waals surface area contributed by atoms with Gasteiger partial charge in [-0.25, -0.2) is 0 Å². The van der Waals surface area contributed by atoms with E-state index in [4.69, 9.17) is 15.9 Å². The number of aliphatic hydroxyl groups excluding tert-OH is 1. The fraction of sp³-hybridized carbons (Fsp3) is 0.333. The Morgan fingerprint density at radius 3 is 2.64 bits per heavy atom. The van der Waals surface area contributed by atoms with Crippen molar-refractivity contribution < 1.29 is 15.0 Å². The van der Waals surface area contributed by atoms with Crippen molar-refractivity contribution in [1.82, 2.24) is 4.98 Å². The molecule has 0 aromatic carbocycles. The van der Waals surface area contributed by atoms with Crippen LogP contribution in [0.1, 0.15) is 5.69 Å². The minimum atomic E-state index is -0.999. The van der Waals surface area contributed by atoms with Crippen LogP contribution < -0.4 is 5.73 Å². The highest BCUT2D eigenvalue weighted by Crippen LogP contribution is 1.97. The molecule has 1 heterocycles. The van der Waals surface area contributed by atoms with E-state index in [1.807, 2.05) is 0 Å². The van der Waals surface area contributed by atoms with E-state index in [1.54, 1.807) is 24.4 Å². The number of pyridine rings is 1. The lowest BCUT2D eigenvalue weighted by atomic mass is 10.1. The fourth-order valence-corrected chi connectivity index (χ4v) is 0.831. The molecule has 0 spiro atoms. The first-order valence-corrected chi connectivity index (χ1v) is 4.03. The van der Waals surface area contributed by atoms with Crippen LogP contribution in [-0.4, -0.2) is 34.3 Å². The summed E-state index contributed by atoms with van der Waals surface area (Å²) in [7, 11) is 1.00. The summed E-state index contributed by atoms with van der Waals surface area (Å²) in [5.41, 5.74) is 6.01. The summed E-state index contributed by atoms with van der Waals surface area (Å²) in [6, 6.07) is 4.47. The van der Waals surface area contributed by atoms with Crippen molar-refractivity contribution in [2.45, 2.75) is 12.5 Å². The number of carboxylic acid groups (broad SMARTS) is 1. The van der Waals surface area contributed by atoms with Gasteiger partial charge in [0.1, 0.15) is 6.04 Å². The first-order valence-electron chi connectivity index (χ1n) is 4.03. The number of aliphatic hydroxyl groups is 1. The number of rotatable bonds is 3. The Morgan fingerprint density at radius 2 is 2.21 bits per heavy atom. The number of aromatic nitrogens is 1. The molecule has 0 aliphatic carbocycles. The van der Waals surface area contributed by atoms with Crippen LogP contribution in [0.15, 0.2) is 24.4 Å². The second kappa shape index (κ2) is 6.99. The van der Waals surface area contributed by atoms with Crippen LogP contribution in [0.2, 0.25) is 0 Å². The van der Waals surface area contributed by atoms with Crippen molar-refractivity contribution in [2.24, 2.45) is 5.73 Å². The van der Waals surface area contributed by atoms with Crippen LogP contribution in [0, 0.1) is 0 Å². The van der Waals surface area contributed by atoms with Gasteiger partial charge in [-0.05, 0) is 12.1 Å². The highest BCUT2D eigenvalue weighted by atomic mass is 16.4. The van der Waals surface area contributed by atoms with Gasteiger partial charge in [0, 0.05) is 25.4 Å². The Balaban J connectivity index is 0.000000791. The Kier molecular flexibility index (Phi) is 6.26. The molecule has 1 aromatic heterocycles. The standard InChI is InChI=1S/C8H10N2O2.CH4O/c9-7(8(11)12)5-6-3-1-2-4-10-6;1-2/h1-4,7H,5,9H2,(H,11,12);2H,1H3. The number of nitrogens with zero attached hydrogens (tertiary/aromatic N) is 1. The van der Waals surface area contributed by atoms with Crippen LogP contribution in [0.5, 0.6) is 0 Å². The lowest BCUT2D eigenvalue weighted by molar-refractivity contribution is -0.138.